The smallest absolute Gasteiger partial charge is 0.336 e. The third-order valence-electron chi connectivity index (χ3n) is 6.03. The average molecular weight is 522 g/mol. The van der Waals surface area contributed by atoms with Gasteiger partial charge in [-0.05, 0) is 59.8 Å². The van der Waals surface area contributed by atoms with Gasteiger partial charge >= 0.3 is 11.9 Å². The minimum atomic E-state index is -0.955. The number of halogens is 1. The van der Waals surface area contributed by atoms with E-state index in [1.807, 2.05) is 6.92 Å². The van der Waals surface area contributed by atoms with Crippen LogP contribution in [0, 0.1) is 11.8 Å². The van der Waals surface area contributed by atoms with E-state index in [1.54, 1.807) is 26.0 Å². The van der Waals surface area contributed by atoms with Crippen molar-refractivity contribution in [3.63, 3.8) is 0 Å². The zero-order valence-electron chi connectivity index (χ0n) is 19.5. The number of esters is 2. The van der Waals surface area contributed by atoms with E-state index in [9.17, 15) is 14.4 Å². The normalized spacial score (nSPS) is 22.4. The van der Waals surface area contributed by atoms with E-state index in [0.717, 1.165) is 0 Å². The number of allylic oxidation sites excluding steroid dienone is 3. The average Bonchev–Trinajstić information content (AvgIpc) is 2.77. The minimum absolute atomic E-state index is 0.180. The molecule has 1 aromatic carbocycles. The van der Waals surface area contributed by atoms with Gasteiger partial charge in [-0.1, -0.05) is 6.92 Å². The molecule has 0 unspecified atom stereocenters. The number of dihydropyridines is 1. The molecule has 0 radical (unpaired) electrons. The molecule has 1 aliphatic carbocycles. The first-order valence-corrected chi connectivity index (χ1v) is 11.4. The van der Waals surface area contributed by atoms with Crippen LogP contribution in [0.2, 0.25) is 0 Å². The van der Waals surface area contributed by atoms with Crippen LogP contribution in [-0.2, 0) is 23.9 Å². The Kier molecular flexibility index (Phi) is 7.51. The first-order chi connectivity index (χ1) is 15.7. The highest BCUT2D eigenvalue weighted by molar-refractivity contribution is 9.10. The third-order valence-corrected chi connectivity index (χ3v) is 6.62. The Bertz CT molecular complexity index is 1060. The van der Waals surface area contributed by atoms with Gasteiger partial charge in [0, 0.05) is 22.9 Å². The highest BCUT2D eigenvalue weighted by Gasteiger charge is 2.47. The molecule has 33 heavy (non-hydrogen) atoms. The lowest BCUT2D eigenvalue weighted by Crippen LogP contribution is -2.43. The number of ketones is 1. The summed E-state index contributed by atoms with van der Waals surface area (Å²) in [6.07, 6.45) is 0.458. The van der Waals surface area contributed by atoms with Gasteiger partial charge in [0.25, 0.3) is 0 Å². The van der Waals surface area contributed by atoms with Crippen LogP contribution in [0.15, 0.2) is 39.1 Å². The first-order valence-electron chi connectivity index (χ1n) is 10.6. The van der Waals surface area contributed by atoms with Crippen LogP contribution < -0.4 is 14.8 Å². The number of carbonyl (C=O) groups is 3. The van der Waals surface area contributed by atoms with Gasteiger partial charge in [-0.15, -0.1) is 0 Å². The molecule has 1 heterocycles. The number of ether oxygens (including phenoxy) is 4. The van der Waals surface area contributed by atoms with Crippen LogP contribution in [-0.4, -0.2) is 45.7 Å². The number of carbonyl (C=O) groups excluding carboxylic acids is 3. The molecule has 3 atom stereocenters. The second-order valence-corrected chi connectivity index (χ2v) is 8.85. The molecule has 1 aromatic rings. The van der Waals surface area contributed by atoms with Gasteiger partial charge in [0.2, 0.25) is 0 Å². The van der Waals surface area contributed by atoms with Crippen molar-refractivity contribution in [3.8, 4) is 11.5 Å². The summed E-state index contributed by atoms with van der Waals surface area (Å²) in [5.41, 5.74) is 2.58. The Morgan fingerprint density at radius 3 is 2.45 bits per heavy atom. The summed E-state index contributed by atoms with van der Waals surface area (Å²) in [7, 11) is 4.30. The maximum atomic E-state index is 13.7. The van der Waals surface area contributed by atoms with Crippen molar-refractivity contribution < 1.29 is 33.3 Å². The van der Waals surface area contributed by atoms with Crippen molar-refractivity contribution in [2.45, 2.75) is 33.1 Å². The van der Waals surface area contributed by atoms with Crippen molar-refractivity contribution in [1.82, 2.24) is 5.32 Å². The Morgan fingerprint density at radius 2 is 1.88 bits per heavy atom. The van der Waals surface area contributed by atoms with Crippen LogP contribution >= 0.6 is 15.9 Å². The second-order valence-electron chi connectivity index (χ2n) is 7.99. The van der Waals surface area contributed by atoms with E-state index < -0.39 is 23.8 Å². The lowest BCUT2D eigenvalue weighted by Gasteiger charge is -2.38. The zero-order chi connectivity index (χ0) is 24.4. The summed E-state index contributed by atoms with van der Waals surface area (Å²) >= 11 is 3.50. The maximum absolute atomic E-state index is 13.7. The maximum Gasteiger partial charge on any atom is 0.336 e. The predicted octanol–water partition coefficient (Wildman–Crippen LogP) is 3.64. The Hall–Kier alpha value is -2.81. The van der Waals surface area contributed by atoms with Crippen LogP contribution in [0.3, 0.4) is 0 Å². The summed E-state index contributed by atoms with van der Waals surface area (Å²) in [5, 5.41) is 3.23. The zero-order valence-corrected chi connectivity index (χ0v) is 21.1. The molecule has 0 bridgehead atoms. The molecule has 0 amide bonds. The highest BCUT2D eigenvalue weighted by atomic mass is 79.9. The first kappa shape index (κ1) is 24.8. The molecular weight excluding hydrogens is 494 g/mol. The Balaban J connectivity index is 2.27. The number of hydrogen-bond acceptors (Lipinski definition) is 8. The van der Waals surface area contributed by atoms with Gasteiger partial charge in [0.05, 0.1) is 38.0 Å². The molecule has 0 spiro atoms. The minimum Gasteiger partial charge on any atom is -0.493 e. The number of nitrogens with one attached hydrogen (secondary N) is 1. The molecule has 178 valence electrons. The van der Waals surface area contributed by atoms with E-state index in [2.05, 4.69) is 21.2 Å². The van der Waals surface area contributed by atoms with Gasteiger partial charge in [0.1, 0.15) is 5.92 Å². The molecular formula is C24H28BrNO7. The van der Waals surface area contributed by atoms with Crippen LogP contribution in [0.25, 0.3) is 0 Å². The number of methoxy groups -OCH3 is 3. The fourth-order valence-corrected chi connectivity index (χ4v) is 5.22. The van der Waals surface area contributed by atoms with E-state index in [-0.39, 0.29) is 18.3 Å². The summed E-state index contributed by atoms with van der Waals surface area (Å²) in [6.45, 7) is 5.52. The quantitative estimate of drug-likeness (QED) is 0.447. The Labute approximate surface area is 201 Å². The summed E-state index contributed by atoms with van der Waals surface area (Å²) in [6, 6.07) is 3.52. The molecule has 0 saturated heterocycles. The summed E-state index contributed by atoms with van der Waals surface area (Å²) in [4.78, 5) is 39.3. The fraction of sp³-hybridized carbons (Fsp3) is 0.458. The van der Waals surface area contributed by atoms with Crippen molar-refractivity contribution >= 4 is 33.7 Å². The molecule has 0 fully saturated rings. The number of hydrogen-bond donors (Lipinski definition) is 1. The van der Waals surface area contributed by atoms with Crippen molar-refractivity contribution in [2.24, 2.45) is 11.8 Å². The molecule has 2 aliphatic rings. The highest BCUT2D eigenvalue weighted by Crippen LogP contribution is 2.48. The SMILES string of the molecule is CCOC(=O)C1=C(C)NC2=C(C(=O)[C@@H](C(=O)OC)[C@H](C)C2)[C@H]1c1cc(Br)c(OC)c(OC)c1. The molecule has 1 N–H and O–H groups in total. The molecule has 0 aromatic heterocycles. The molecule has 0 saturated carbocycles. The Morgan fingerprint density at radius 1 is 1.18 bits per heavy atom. The second kappa shape index (κ2) is 9.99. The largest absolute Gasteiger partial charge is 0.493 e. The standard InChI is InChI=1S/C24H28BrNO7/c1-7-33-24(29)18-12(3)26-15-8-11(2)17(23(28)32-6)21(27)20(15)19(18)13-9-14(25)22(31-5)16(10-13)30-4/h9-11,17,19,26H,7-8H2,1-6H3/t11-,17+,19+/m1/s1. The molecule has 9 heteroatoms. The van der Waals surface area contributed by atoms with Crippen LogP contribution in [0.5, 0.6) is 11.5 Å². The summed E-state index contributed by atoms with van der Waals surface area (Å²) in [5.74, 6) is -2.55. The van der Waals surface area contributed by atoms with E-state index in [1.165, 1.54) is 21.3 Å². The van der Waals surface area contributed by atoms with Crippen molar-refractivity contribution in [2.75, 3.05) is 27.9 Å². The van der Waals surface area contributed by atoms with Gasteiger partial charge < -0.3 is 24.3 Å². The lowest BCUT2D eigenvalue weighted by atomic mass is 9.69. The van der Waals surface area contributed by atoms with Crippen molar-refractivity contribution in [1.29, 1.82) is 0 Å². The molecule has 1 aliphatic heterocycles. The monoisotopic (exact) mass is 521 g/mol. The predicted molar refractivity (Wildman–Crippen MR) is 124 cm³/mol. The van der Waals surface area contributed by atoms with Crippen LogP contribution in [0.1, 0.15) is 38.7 Å². The van der Waals surface area contributed by atoms with E-state index >= 15 is 0 Å². The number of Topliss-reactive ketones (excluding diaryl/α,β-unsaturated/α-hetero) is 1. The topological polar surface area (TPSA) is 100 Å². The lowest BCUT2D eigenvalue weighted by molar-refractivity contribution is -0.151. The van der Waals surface area contributed by atoms with E-state index in [4.69, 9.17) is 18.9 Å². The van der Waals surface area contributed by atoms with Gasteiger partial charge in [-0.25, -0.2) is 4.79 Å². The molecule has 3 rings (SSSR count). The third kappa shape index (κ3) is 4.38. The fourth-order valence-electron chi connectivity index (χ4n) is 4.60. The van der Waals surface area contributed by atoms with Crippen molar-refractivity contribution in [3.05, 3.63) is 44.7 Å². The van der Waals surface area contributed by atoms with Gasteiger partial charge in [-0.2, -0.15) is 0 Å². The van der Waals surface area contributed by atoms with Crippen LogP contribution in [0.4, 0.5) is 0 Å². The van der Waals surface area contributed by atoms with Gasteiger partial charge in [0.15, 0.2) is 17.3 Å². The number of rotatable bonds is 6. The number of benzene rings is 1. The summed E-state index contributed by atoms with van der Waals surface area (Å²) < 4.78 is 21.8. The molecule has 8 nitrogen and oxygen atoms in total. The van der Waals surface area contributed by atoms with Gasteiger partial charge in [-0.3, -0.25) is 9.59 Å². The van der Waals surface area contributed by atoms with E-state index in [0.29, 0.717) is 50.5 Å².